The standard InChI is InChI=1S/C25H26N2O2S/c1-30-18-17-22(26-24(28)21-15-9-4-10-16-21)25(29)27-23(19-11-5-2-6-12-19)20-13-7-3-8-14-20/h2-16,22-23H,17-18H2,1H3,(H,26,28)(H,27,29). The van der Waals surface area contributed by atoms with Gasteiger partial charge in [0.15, 0.2) is 0 Å². The van der Waals surface area contributed by atoms with Gasteiger partial charge >= 0.3 is 0 Å². The van der Waals surface area contributed by atoms with Crippen molar-refractivity contribution in [2.45, 2.75) is 18.5 Å². The van der Waals surface area contributed by atoms with Gasteiger partial charge < -0.3 is 10.6 Å². The van der Waals surface area contributed by atoms with Gasteiger partial charge in [0.05, 0.1) is 6.04 Å². The minimum atomic E-state index is -0.611. The van der Waals surface area contributed by atoms with E-state index in [2.05, 4.69) is 10.6 Å². The highest BCUT2D eigenvalue weighted by Crippen LogP contribution is 2.22. The summed E-state index contributed by atoms with van der Waals surface area (Å²) in [5, 5.41) is 6.06. The molecule has 0 aliphatic rings. The van der Waals surface area contributed by atoms with Crippen molar-refractivity contribution in [2.75, 3.05) is 12.0 Å². The van der Waals surface area contributed by atoms with E-state index in [0.717, 1.165) is 16.9 Å². The van der Waals surface area contributed by atoms with Crippen LogP contribution in [-0.4, -0.2) is 29.9 Å². The summed E-state index contributed by atoms with van der Waals surface area (Å²) in [4.78, 5) is 25.9. The first-order chi connectivity index (χ1) is 14.7. The molecular formula is C25H26N2O2S. The summed E-state index contributed by atoms with van der Waals surface area (Å²) in [6, 6.07) is 27.8. The molecule has 2 N–H and O–H groups in total. The van der Waals surface area contributed by atoms with E-state index >= 15 is 0 Å². The van der Waals surface area contributed by atoms with Crippen LogP contribution in [0.5, 0.6) is 0 Å². The maximum absolute atomic E-state index is 13.2. The number of hydrogen-bond donors (Lipinski definition) is 2. The summed E-state index contributed by atoms with van der Waals surface area (Å²) in [5.41, 5.74) is 2.53. The molecule has 3 aromatic carbocycles. The Hall–Kier alpha value is -3.05. The lowest BCUT2D eigenvalue weighted by Crippen LogP contribution is -2.48. The zero-order chi connectivity index (χ0) is 21.2. The molecule has 3 aromatic rings. The summed E-state index contributed by atoms with van der Waals surface area (Å²) >= 11 is 1.65. The molecule has 0 aliphatic heterocycles. The second-order valence-electron chi connectivity index (χ2n) is 6.94. The van der Waals surface area contributed by atoms with Gasteiger partial charge in [0.25, 0.3) is 5.91 Å². The Bertz CT molecular complexity index is 894. The smallest absolute Gasteiger partial charge is 0.251 e. The number of hydrogen-bond acceptors (Lipinski definition) is 3. The van der Waals surface area contributed by atoms with Crippen LogP contribution in [0.1, 0.15) is 33.9 Å². The molecule has 30 heavy (non-hydrogen) atoms. The first kappa shape index (κ1) is 21.7. The molecule has 0 aliphatic carbocycles. The van der Waals surface area contributed by atoms with Crippen molar-refractivity contribution in [3.8, 4) is 0 Å². The molecule has 0 spiro atoms. The van der Waals surface area contributed by atoms with Crippen molar-refractivity contribution in [3.63, 3.8) is 0 Å². The van der Waals surface area contributed by atoms with Crippen molar-refractivity contribution in [2.24, 2.45) is 0 Å². The number of carbonyl (C=O) groups is 2. The maximum Gasteiger partial charge on any atom is 0.251 e. The second kappa shape index (κ2) is 11.2. The van der Waals surface area contributed by atoms with Crippen LogP contribution in [0.4, 0.5) is 0 Å². The second-order valence-corrected chi connectivity index (χ2v) is 7.92. The molecule has 1 unspecified atom stereocenters. The predicted molar refractivity (Wildman–Crippen MR) is 124 cm³/mol. The number of rotatable bonds is 9. The molecule has 154 valence electrons. The monoisotopic (exact) mass is 418 g/mol. The number of carbonyl (C=O) groups excluding carboxylic acids is 2. The molecule has 0 radical (unpaired) electrons. The molecule has 4 nitrogen and oxygen atoms in total. The lowest BCUT2D eigenvalue weighted by Gasteiger charge is -2.24. The third-order valence-electron chi connectivity index (χ3n) is 4.82. The molecule has 0 bridgehead atoms. The van der Waals surface area contributed by atoms with Crippen LogP contribution in [0.3, 0.4) is 0 Å². The highest BCUT2D eigenvalue weighted by molar-refractivity contribution is 7.98. The fourth-order valence-corrected chi connectivity index (χ4v) is 3.70. The first-order valence-corrected chi connectivity index (χ1v) is 11.3. The van der Waals surface area contributed by atoms with E-state index in [4.69, 9.17) is 0 Å². The largest absolute Gasteiger partial charge is 0.343 e. The number of thioether (sulfide) groups is 1. The topological polar surface area (TPSA) is 58.2 Å². The molecule has 0 aromatic heterocycles. The minimum Gasteiger partial charge on any atom is -0.343 e. The van der Waals surface area contributed by atoms with Crippen LogP contribution in [0, 0.1) is 0 Å². The summed E-state index contributed by atoms with van der Waals surface area (Å²) in [7, 11) is 0. The van der Waals surface area contributed by atoms with Crippen LogP contribution < -0.4 is 10.6 Å². The van der Waals surface area contributed by atoms with Crippen molar-refractivity contribution in [1.29, 1.82) is 0 Å². The van der Waals surface area contributed by atoms with E-state index in [1.807, 2.05) is 85.1 Å². The Kier molecular flexibility index (Phi) is 8.10. The van der Waals surface area contributed by atoms with Gasteiger partial charge in [-0.2, -0.15) is 11.8 Å². The predicted octanol–water partition coefficient (Wildman–Crippen LogP) is 4.44. The number of amides is 2. The van der Waals surface area contributed by atoms with E-state index in [1.54, 1.807) is 23.9 Å². The van der Waals surface area contributed by atoms with Gasteiger partial charge in [-0.25, -0.2) is 0 Å². The molecule has 5 heteroatoms. The molecular weight excluding hydrogens is 392 g/mol. The van der Waals surface area contributed by atoms with Gasteiger partial charge in [-0.1, -0.05) is 78.9 Å². The molecule has 0 heterocycles. The fraction of sp³-hybridized carbons (Fsp3) is 0.200. The van der Waals surface area contributed by atoms with Crippen LogP contribution in [0.25, 0.3) is 0 Å². The van der Waals surface area contributed by atoms with E-state index in [-0.39, 0.29) is 17.9 Å². The van der Waals surface area contributed by atoms with Crippen LogP contribution in [0.15, 0.2) is 91.0 Å². The van der Waals surface area contributed by atoms with Gasteiger partial charge in [0.2, 0.25) is 5.91 Å². The molecule has 0 saturated heterocycles. The third kappa shape index (κ3) is 5.97. The number of benzene rings is 3. The Morgan fingerprint density at radius 1 is 0.767 bits per heavy atom. The van der Waals surface area contributed by atoms with E-state index in [0.29, 0.717) is 12.0 Å². The molecule has 3 rings (SSSR count). The Balaban J connectivity index is 1.80. The normalized spacial score (nSPS) is 11.7. The highest BCUT2D eigenvalue weighted by Gasteiger charge is 2.25. The van der Waals surface area contributed by atoms with Crippen molar-refractivity contribution < 1.29 is 9.59 Å². The average molecular weight is 419 g/mol. The molecule has 0 saturated carbocycles. The Morgan fingerprint density at radius 3 is 1.77 bits per heavy atom. The van der Waals surface area contributed by atoms with E-state index < -0.39 is 6.04 Å². The lowest BCUT2D eigenvalue weighted by molar-refractivity contribution is -0.123. The van der Waals surface area contributed by atoms with Crippen molar-refractivity contribution >= 4 is 23.6 Å². The van der Waals surface area contributed by atoms with Gasteiger partial charge in [-0.05, 0) is 41.7 Å². The zero-order valence-electron chi connectivity index (χ0n) is 17.0. The maximum atomic E-state index is 13.2. The SMILES string of the molecule is CSCCC(NC(=O)c1ccccc1)C(=O)NC(c1ccccc1)c1ccccc1. The van der Waals surface area contributed by atoms with Crippen LogP contribution in [0.2, 0.25) is 0 Å². The zero-order valence-corrected chi connectivity index (χ0v) is 17.8. The molecule has 0 fully saturated rings. The van der Waals surface area contributed by atoms with Gasteiger partial charge in [-0.3, -0.25) is 9.59 Å². The summed E-state index contributed by atoms with van der Waals surface area (Å²) < 4.78 is 0. The molecule has 1 atom stereocenters. The first-order valence-electron chi connectivity index (χ1n) is 9.94. The van der Waals surface area contributed by atoms with Gasteiger partial charge in [0.1, 0.15) is 6.04 Å². The highest BCUT2D eigenvalue weighted by atomic mass is 32.2. The Morgan fingerprint density at radius 2 is 1.27 bits per heavy atom. The van der Waals surface area contributed by atoms with E-state index in [9.17, 15) is 9.59 Å². The summed E-state index contributed by atoms with van der Waals surface area (Å²) in [6.07, 6.45) is 2.55. The van der Waals surface area contributed by atoms with Crippen molar-refractivity contribution in [3.05, 3.63) is 108 Å². The average Bonchev–Trinajstić information content (AvgIpc) is 2.81. The summed E-state index contributed by atoms with van der Waals surface area (Å²) in [5.74, 6) is 0.341. The lowest BCUT2D eigenvalue weighted by atomic mass is 9.98. The number of nitrogens with one attached hydrogen (secondary N) is 2. The van der Waals surface area contributed by atoms with E-state index in [1.165, 1.54) is 0 Å². The summed E-state index contributed by atoms with van der Waals surface area (Å²) in [6.45, 7) is 0. The van der Waals surface area contributed by atoms with Crippen molar-refractivity contribution in [1.82, 2.24) is 10.6 Å². The van der Waals surface area contributed by atoms with Gasteiger partial charge in [-0.15, -0.1) is 0 Å². The minimum absolute atomic E-state index is 0.189. The molecule has 2 amide bonds. The van der Waals surface area contributed by atoms with Crippen LogP contribution >= 0.6 is 11.8 Å². The van der Waals surface area contributed by atoms with Crippen LogP contribution in [-0.2, 0) is 4.79 Å². The third-order valence-corrected chi connectivity index (χ3v) is 5.46. The quantitative estimate of drug-likeness (QED) is 0.540. The van der Waals surface area contributed by atoms with Gasteiger partial charge in [0, 0.05) is 5.56 Å². The Labute approximate surface area is 182 Å². The fourth-order valence-electron chi connectivity index (χ4n) is 3.23.